The third-order valence-corrected chi connectivity index (χ3v) is 5.11. The molecule has 1 aliphatic heterocycles. The molecule has 1 fully saturated rings. The van der Waals surface area contributed by atoms with Gasteiger partial charge in [0.2, 0.25) is 11.7 Å². The van der Waals surface area contributed by atoms with E-state index in [1.54, 1.807) is 32.2 Å². The third-order valence-electron chi connectivity index (χ3n) is 5.11. The number of halogens is 1. The van der Waals surface area contributed by atoms with Gasteiger partial charge in [-0.3, -0.25) is 9.69 Å². The van der Waals surface area contributed by atoms with Crippen LogP contribution in [0.4, 0.5) is 9.18 Å². The second-order valence-electron chi connectivity index (χ2n) is 7.03. The van der Waals surface area contributed by atoms with Gasteiger partial charge in [-0.15, -0.1) is 0 Å². The fourth-order valence-corrected chi connectivity index (χ4v) is 3.37. The van der Waals surface area contributed by atoms with Crippen molar-refractivity contribution in [3.8, 4) is 22.9 Å². The molecule has 9 nitrogen and oxygen atoms in total. The number of nitrogens with zero attached hydrogens (tertiary/aromatic N) is 3. The zero-order valence-corrected chi connectivity index (χ0v) is 17.0. The zero-order valence-electron chi connectivity index (χ0n) is 17.0. The Balaban J connectivity index is 1.57. The number of imide groups is 1. The Labute approximate surface area is 176 Å². The van der Waals surface area contributed by atoms with E-state index in [1.165, 1.54) is 31.4 Å². The summed E-state index contributed by atoms with van der Waals surface area (Å²) in [5, 5.41) is 6.58. The number of hydrogen-bond acceptors (Lipinski definition) is 7. The Morgan fingerprint density at radius 3 is 2.55 bits per heavy atom. The van der Waals surface area contributed by atoms with E-state index in [4.69, 9.17) is 14.0 Å². The molecular formula is C21H19FN4O5. The summed E-state index contributed by atoms with van der Waals surface area (Å²) in [6, 6.07) is 9.88. The minimum atomic E-state index is -1.33. The Morgan fingerprint density at radius 2 is 1.87 bits per heavy atom. The van der Waals surface area contributed by atoms with Crippen LogP contribution in [0.15, 0.2) is 47.0 Å². The first-order valence-corrected chi connectivity index (χ1v) is 9.31. The largest absolute Gasteiger partial charge is 0.497 e. The predicted octanol–water partition coefficient (Wildman–Crippen LogP) is 2.86. The molecule has 1 aromatic heterocycles. The lowest BCUT2D eigenvalue weighted by atomic mass is 9.92. The van der Waals surface area contributed by atoms with Gasteiger partial charge in [-0.1, -0.05) is 17.3 Å². The Hall–Kier alpha value is -3.95. The second-order valence-corrected chi connectivity index (χ2v) is 7.03. The monoisotopic (exact) mass is 426 g/mol. The van der Waals surface area contributed by atoms with Crippen LogP contribution in [-0.4, -0.2) is 41.2 Å². The standard InChI is InChI=1S/C21H19FN4O5/c1-21(12-4-6-13(22)7-5-12)19(27)26(20(28)24-21)11-17-23-18(25-31-17)15-9-8-14(29-2)10-16(15)30-3/h4-10H,11H2,1-3H3,(H,24,28). The summed E-state index contributed by atoms with van der Waals surface area (Å²) in [7, 11) is 3.04. The molecule has 4 rings (SSSR count). The van der Waals surface area contributed by atoms with Gasteiger partial charge in [0.05, 0.1) is 19.8 Å². The lowest BCUT2D eigenvalue weighted by molar-refractivity contribution is -0.131. The van der Waals surface area contributed by atoms with Crippen LogP contribution >= 0.6 is 0 Å². The molecule has 10 heteroatoms. The molecule has 0 saturated carbocycles. The van der Waals surface area contributed by atoms with Crippen LogP contribution in [-0.2, 0) is 16.9 Å². The minimum absolute atomic E-state index is 0.0692. The first-order chi connectivity index (χ1) is 14.9. The smallest absolute Gasteiger partial charge is 0.325 e. The first kappa shape index (κ1) is 20.3. The number of rotatable bonds is 6. The highest BCUT2D eigenvalue weighted by Crippen LogP contribution is 2.33. The highest BCUT2D eigenvalue weighted by Gasteiger charge is 2.49. The molecule has 3 aromatic rings. The van der Waals surface area contributed by atoms with E-state index in [0.717, 1.165) is 4.90 Å². The predicted molar refractivity (Wildman–Crippen MR) is 106 cm³/mol. The number of carbonyl (C=O) groups is 2. The van der Waals surface area contributed by atoms with E-state index in [9.17, 15) is 14.0 Å². The number of urea groups is 1. The van der Waals surface area contributed by atoms with Crippen LogP contribution < -0.4 is 14.8 Å². The van der Waals surface area contributed by atoms with Crippen molar-refractivity contribution in [3.05, 3.63) is 59.7 Å². The lowest BCUT2D eigenvalue weighted by Crippen LogP contribution is -2.40. The number of ether oxygens (including phenoxy) is 2. The zero-order chi connectivity index (χ0) is 22.2. The van der Waals surface area contributed by atoms with Crippen LogP contribution in [0.2, 0.25) is 0 Å². The van der Waals surface area contributed by atoms with E-state index in [-0.39, 0.29) is 18.3 Å². The summed E-state index contributed by atoms with van der Waals surface area (Å²) in [6.07, 6.45) is 0. The molecular weight excluding hydrogens is 407 g/mol. The van der Waals surface area contributed by atoms with E-state index in [2.05, 4.69) is 15.5 Å². The van der Waals surface area contributed by atoms with Crippen LogP contribution in [0.25, 0.3) is 11.4 Å². The number of hydrogen-bond donors (Lipinski definition) is 1. The fraction of sp³-hybridized carbons (Fsp3) is 0.238. The Morgan fingerprint density at radius 1 is 1.13 bits per heavy atom. The third kappa shape index (κ3) is 3.56. The molecule has 1 unspecified atom stereocenters. The summed E-state index contributed by atoms with van der Waals surface area (Å²) >= 11 is 0. The molecule has 1 aliphatic rings. The van der Waals surface area contributed by atoms with Crippen molar-refractivity contribution in [2.45, 2.75) is 19.0 Å². The fourth-order valence-electron chi connectivity index (χ4n) is 3.37. The maximum Gasteiger partial charge on any atom is 0.325 e. The normalized spacial score (nSPS) is 18.3. The van der Waals surface area contributed by atoms with Gasteiger partial charge in [-0.05, 0) is 36.8 Å². The number of nitrogens with one attached hydrogen (secondary N) is 1. The Bertz CT molecular complexity index is 1150. The van der Waals surface area contributed by atoms with Gasteiger partial charge >= 0.3 is 6.03 Å². The maximum atomic E-state index is 13.2. The highest BCUT2D eigenvalue weighted by molar-refractivity contribution is 6.07. The van der Waals surface area contributed by atoms with Crippen molar-refractivity contribution in [1.29, 1.82) is 0 Å². The first-order valence-electron chi connectivity index (χ1n) is 9.31. The van der Waals surface area contributed by atoms with Gasteiger partial charge in [0, 0.05) is 6.07 Å². The average Bonchev–Trinajstić information content (AvgIpc) is 3.32. The highest BCUT2D eigenvalue weighted by atomic mass is 19.1. The maximum absolute atomic E-state index is 13.2. The van der Waals surface area contributed by atoms with Crippen LogP contribution in [0.1, 0.15) is 18.4 Å². The number of amides is 3. The summed E-state index contributed by atoms with van der Waals surface area (Å²) in [6.45, 7) is 1.34. The van der Waals surface area contributed by atoms with E-state index >= 15 is 0 Å². The second kappa shape index (κ2) is 7.71. The van der Waals surface area contributed by atoms with Crippen molar-refractivity contribution in [2.24, 2.45) is 0 Å². The molecule has 2 aromatic carbocycles. The molecule has 1 saturated heterocycles. The molecule has 31 heavy (non-hydrogen) atoms. The molecule has 1 atom stereocenters. The van der Waals surface area contributed by atoms with Gasteiger partial charge < -0.3 is 19.3 Å². The number of carbonyl (C=O) groups excluding carboxylic acids is 2. The quantitative estimate of drug-likeness (QED) is 0.604. The van der Waals surface area contributed by atoms with Crippen molar-refractivity contribution < 1.29 is 28.0 Å². The molecule has 160 valence electrons. The van der Waals surface area contributed by atoms with E-state index in [0.29, 0.717) is 22.6 Å². The van der Waals surface area contributed by atoms with E-state index < -0.39 is 23.3 Å². The number of methoxy groups -OCH3 is 2. The topological polar surface area (TPSA) is 107 Å². The summed E-state index contributed by atoms with van der Waals surface area (Å²) < 4.78 is 29.0. The lowest BCUT2D eigenvalue weighted by Gasteiger charge is -2.21. The minimum Gasteiger partial charge on any atom is -0.497 e. The van der Waals surface area contributed by atoms with Crippen molar-refractivity contribution in [3.63, 3.8) is 0 Å². The van der Waals surface area contributed by atoms with E-state index in [1.807, 2.05) is 0 Å². The van der Waals surface area contributed by atoms with Gasteiger partial charge in [0.1, 0.15) is 29.4 Å². The van der Waals surface area contributed by atoms with Gasteiger partial charge in [-0.2, -0.15) is 4.98 Å². The SMILES string of the molecule is COc1ccc(-c2noc(CN3C(=O)NC(C)(c4ccc(F)cc4)C3=O)n2)c(OC)c1. The van der Waals surface area contributed by atoms with Gasteiger partial charge in [-0.25, -0.2) is 9.18 Å². The Kier molecular flexibility index (Phi) is 5.05. The van der Waals surface area contributed by atoms with Crippen molar-refractivity contribution in [1.82, 2.24) is 20.4 Å². The van der Waals surface area contributed by atoms with Crippen molar-refractivity contribution >= 4 is 11.9 Å². The summed E-state index contributed by atoms with van der Waals surface area (Å²) in [4.78, 5) is 30.8. The van der Waals surface area contributed by atoms with Crippen LogP contribution in [0.5, 0.6) is 11.5 Å². The molecule has 0 aliphatic carbocycles. The molecule has 0 bridgehead atoms. The van der Waals surface area contributed by atoms with Gasteiger partial charge in [0.25, 0.3) is 5.91 Å². The summed E-state index contributed by atoms with van der Waals surface area (Å²) in [5.41, 5.74) is -0.303. The molecule has 2 heterocycles. The van der Waals surface area contributed by atoms with Gasteiger partial charge in [0.15, 0.2) is 0 Å². The number of aromatic nitrogens is 2. The van der Waals surface area contributed by atoms with Crippen molar-refractivity contribution in [2.75, 3.05) is 14.2 Å². The molecule has 0 radical (unpaired) electrons. The number of benzene rings is 2. The average molecular weight is 426 g/mol. The van der Waals surface area contributed by atoms with Crippen LogP contribution in [0, 0.1) is 5.82 Å². The summed E-state index contributed by atoms with van der Waals surface area (Å²) in [5.74, 6) is 0.441. The molecule has 3 amide bonds. The molecule has 1 N–H and O–H groups in total. The molecule has 0 spiro atoms. The van der Waals surface area contributed by atoms with Crippen LogP contribution in [0.3, 0.4) is 0 Å².